The number of likely N-dealkylation sites (tertiary alicyclic amines) is 1. The van der Waals surface area contributed by atoms with E-state index in [1.54, 1.807) is 7.05 Å². The molecule has 0 saturated carbocycles. The number of carbonyl (C=O) groups is 1. The van der Waals surface area contributed by atoms with Gasteiger partial charge in [0.05, 0.1) is 6.04 Å². The summed E-state index contributed by atoms with van der Waals surface area (Å²) in [5, 5.41) is 6.34. The minimum absolute atomic E-state index is 0.125. The van der Waals surface area contributed by atoms with Crippen molar-refractivity contribution in [2.75, 3.05) is 26.7 Å². The molecule has 4 nitrogen and oxygen atoms in total. The number of amides is 1. The van der Waals surface area contributed by atoms with Crippen molar-refractivity contribution < 1.29 is 4.79 Å². The van der Waals surface area contributed by atoms with Gasteiger partial charge in [0.2, 0.25) is 5.91 Å². The summed E-state index contributed by atoms with van der Waals surface area (Å²) in [6.45, 7) is 3.36. The van der Waals surface area contributed by atoms with Crippen LogP contribution in [0.25, 0.3) is 0 Å². The molecule has 0 spiro atoms. The standard InChI is InChI=1S/C14H27N3O/c1-15-14(18)13-8-2-3-10-17(13)11-5-7-12-6-4-9-16-12/h12-13,16H,2-11H2,1H3,(H,15,18). The molecule has 2 N–H and O–H groups in total. The average Bonchev–Trinajstić information content (AvgIpc) is 2.92. The largest absolute Gasteiger partial charge is 0.358 e. The molecule has 1 amide bonds. The van der Waals surface area contributed by atoms with Gasteiger partial charge in [-0.25, -0.2) is 0 Å². The predicted molar refractivity (Wildman–Crippen MR) is 73.5 cm³/mol. The van der Waals surface area contributed by atoms with Crippen molar-refractivity contribution in [3.05, 3.63) is 0 Å². The van der Waals surface area contributed by atoms with Crippen molar-refractivity contribution in [1.29, 1.82) is 0 Å². The topological polar surface area (TPSA) is 44.4 Å². The fourth-order valence-corrected chi connectivity index (χ4v) is 3.27. The summed E-state index contributed by atoms with van der Waals surface area (Å²) >= 11 is 0. The Hall–Kier alpha value is -0.610. The molecular formula is C14H27N3O. The van der Waals surface area contributed by atoms with Crippen LogP contribution >= 0.6 is 0 Å². The molecular weight excluding hydrogens is 226 g/mol. The maximum Gasteiger partial charge on any atom is 0.237 e. The van der Waals surface area contributed by atoms with Crippen LogP contribution in [0.5, 0.6) is 0 Å². The molecule has 2 atom stereocenters. The Balaban J connectivity index is 1.72. The van der Waals surface area contributed by atoms with Crippen LogP contribution in [-0.4, -0.2) is 49.6 Å². The summed E-state index contributed by atoms with van der Waals surface area (Å²) < 4.78 is 0. The van der Waals surface area contributed by atoms with E-state index < -0.39 is 0 Å². The van der Waals surface area contributed by atoms with Gasteiger partial charge in [-0.05, 0) is 58.2 Å². The van der Waals surface area contributed by atoms with Crippen LogP contribution in [0.1, 0.15) is 44.9 Å². The minimum atomic E-state index is 0.125. The Morgan fingerprint density at radius 2 is 2.22 bits per heavy atom. The lowest BCUT2D eigenvalue weighted by atomic mass is 10.0. The van der Waals surface area contributed by atoms with Gasteiger partial charge in [0.1, 0.15) is 0 Å². The molecule has 18 heavy (non-hydrogen) atoms. The molecule has 2 rings (SSSR count). The summed E-state index contributed by atoms with van der Waals surface area (Å²) in [6.07, 6.45) is 8.60. The lowest BCUT2D eigenvalue weighted by Crippen LogP contribution is -2.49. The van der Waals surface area contributed by atoms with Gasteiger partial charge in [-0.3, -0.25) is 9.69 Å². The first-order chi connectivity index (χ1) is 8.81. The molecule has 2 saturated heterocycles. The van der Waals surface area contributed by atoms with E-state index in [9.17, 15) is 4.79 Å². The first-order valence-corrected chi connectivity index (χ1v) is 7.50. The van der Waals surface area contributed by atoms with Gasteiger partial charge < -0.3 is 10.6 Å². The molecule has 4 heteroatoms. The third-order valence-corrected chi connectivity index (χ3v) is 4.32. The lowest BCUT2D eigenvalue weighted by molar-refractivity contribution is -0.127. The van der Waals surface area contributed by atoms with Crippen molar-refractivity contribution >= 4 is 5.91 Å². The molecule has 0 aromatic rings. The molecule has 104 valence electrons. The van der Waals surface area contributed by atoms with Crippen molar-refractivity contribution in [2.24, 2.45) is 0 Å². The second kappa shape index (κ2) is 7.10. The van der Waals surface area contributed by atoms with Gasteiger partial charge in [-0.1, -0.05) is 6.42 Å². The van der Waals surface area contributed by atoms with E-state index in [0.29, 0.717) is 0 Å². The van der Waals surface area contributed by atoms with Crippen LogP contribution in [0, 0.1) is 0 Å². The zero-order valence-electron chi connectivity index (χ0n) is 11.6. The molecule has 0 radical (unpaired) electrons. The average molecular weight is 253 g/mol. The Kier molecular flexibility index (Phi) is 5.45. The molecule has 2 aliphatic rings. The maximum atomic E-state index is 11.8. The van der Waals surface area contributed by atoms with Crippen LogP contribution in [0.4, 0.5) is 0 Å². The summed E-state index contributed by atoms with van der Waals surface area (Å²) in [6, 6.07) is 0.855. The highest BCUT2D eigenvalue weighted by Gasteiger charge is 2.27. The van der Waals surface area contributed by atoms with E-state index in [1.807, 2.05) is 0 Å². The number of likely N-dealkylation sites (N-methyl/N-ethyl adjacent to an activating group) is 1. The molecule has 2 aliphatic heterocycles. The zero-order valence-corrected chi connectivity index (χ0v) is 11.6. The Labute approximate surface area is 110 Å². The summed E-state index contributed by atoms with van der Waals surface area (Å²) in [5.74, 6) is 0.202. The first kappa shape index (κ1) is 13.8. The highest BCUT2D eigenvalue weighted by molar-refractivity contribution is 5.81. The molecule has 0 aliphatic carbocycles. The van der Waals surface area contributed by atoms with Crippen molar-refractivity contribution in [2.45, 2.75) is 57.0 Å². The maximum absolute atomic E-state index is 11.8. The van der Waals surface area contributed by atoms with E-state index in [-0.39, 0.29) is 11.9 Å². The quantitative estimate of drug-likeness (QED) is 0.772. The highest BCUT2D eigenvalue weighted by Crippen LogP contribution is 2.19. The van der Waals surface area contributed by atoms with Crippen molar-refractivity contribution in [3.8, 4) is 0 Å². The minimum Gasteiger partial charge on any atom is -0.358 e. The van der Waals surface area contributed by atoms with Gasteiger partial charge >= 0.3 is 0 Å². The first-order valence-electron chi connectivity index (χ1n) is 7.50. The summed E-state index contributed by atoms with van der Waals surface area (Å²) in [4.78, 5) is 14.2. The SMILES string of the molecule is CNC(=O)C1CCCCN1CCCC1CCCN1. The molecule has 2 unspecified atom stereocenters. The Morgan fingerprint density at radius 3 is 2.94 bits per heavy atom. The van der Waals surface area contributed by atoms with Crippen molar-refractivity contribution in [1.82, 2.24) is 15.5 Å². The Bertz CT molecular complexity index is 264. The van der Waals surface area contributed by atoms with E-state index in [0.717, 1.165) is 25.6 Å². The monoisotopic (exact) mass is 253 g/mol. The van der Waals surface area contributed by atoms with Gasteiger partial charge in [0, 0.05) is 13.1 Å². The second-order valence-electron chi connectivity index (χ2n) is 5.60. The fraction of sp³-hybridized carbons (Fsp3) is 0.929. The molecule has 0 aromatic carbocycles. The molecule has 2 heterocycles. The molecule has 0 aromatic heterocycles. The lowest BCUT2D eigenvalue weighted by Gasteiger charge is -2.34. The number of rotatable bonds is 5. The fourth-order valence-electron chi connectivity index (χ4n) is 3.27. The number of nitrogens with zero attached hydrogens (tertiary/aromatic N) is 1. The van der Waals surface area contributed by atoms with Crippen LogP contribution in [0.15, 0.2) is 0 Å². The van der Waals surface area contributed by atoms with E-state index >= 15 is 0 Å². The number of carbonyl (C=O) groups excluding carboxylic acids is 1. The number of nitrogens with one attached hydrogen (secondary N) is 2. The zero-order chi connectivity index (χ0) is 12.8. The summed E-state index contributed by atoms with van der Waals surface area (Å²) in [7, 11) is 1.75. The van der Waals surface area contributed by atoms with Gasteiger partial charge in [-0.2, -0.15) is 0 Å². The van der Waals surface area contributed by atoms with Gasteiger partial charge in [0.15, 0.2) is 0 Å². The third-order valence-electron chi connectivity index (χ3n) is 4.32. The second-order valence-corrected chi connectivity index (χ2v) is 5.60. The number of hydrogen-bond acceptors (Lipinski definition) is 3. The van der Waals surface area contributed by atoms with Crippen molar-refractivity contribution in [3.63, 3.8) is 0 Å². The smallest absolute Gasteiger partial charge is 0.237 e. The van der Waals surface area contributed by atoms with Crippen LogP contribution < -0.4 is 10.6 Å². The predicted octanol–water partition coefficient (Wildman–Crippen LogP) is 1.12. The van der Waals surface area contributed by atoms with Crippen LogP contribution in [0.3, 0.4) is 0 Å². The Morgan fingerprint density at radius 1 is 1.33 bits per heavy atom. The van der Waals surface area contributed by atoms with Crippen LogP contribution in [0.2, 0.25) is 0 Å². The van der Waals surface area contributed by atoms with E-state index in [4.69, 9.17) is 0 Å². The summed E-state index contributed by atoms with van der Waals surface area (Å²) in [5.41, 5.74) is 0. The van der Waals surface area contributed by atoms with E-state index in [2.05, 4.69) is 15.5 Å². The van der Waals surface area contributed by atoms with Crippen LogP contribution in [-0.2, 0) is 4.79 Å². The highest BCUT2D eigenvalue weighted by atomic mass is 16.2. The molecule has 2 fully saturated rings. The third kappa shape index (κ3) is 3.69. The number of hydrogen-bond donors (Lipinski definition) is 2. The van der Waals surface area contributed by atoms with E-state index in [1.165, 1.54) is 45.1 Å². The van der Waals surface area contributed by atoms with Gasteiger partial charge in [-0.15, -0.1) is 0 Å². The molecule has 0 bridgehead atoms. The van der Waals surface area contributed by atoms with Gasteiger partial charge in [0.25, 0.3) is 0 Å². The normalized spacial score (nSPS) is 29.4. The number of piperidine rings is 1.